The Bertz CT molecular complexity index is 1380. The lowest BCUT2D eigenvalue weighted by Gasteiger charge is -2.36. The molecule has 0 atom stereocenters. The van der Waals surface area contributed by atoms with Crippen LogP contribution in [0.25, 0.3) is 21.9 Å². The van der Waals surface area contributed by atoms with Crippen LogP contribution in [0, 0.1) is 0 Å². The number of aromatic nitrogens is 4. The van der Waals surface area contributed by atoms with E-state index in [1.54, 1.807) is 13.1 Å². The number of nitrogens with one attached hydrogen (secondary N) is 2. The zero-order valence-corrected chi connectivity index (χ0v) is 18.4. The van der Waals surface area contributed by atoms with Crippen molar-refractivity contribution in [3.8, 4) is 0 Å². The van der Waals surface area contributed by atoms with Crippen LogP contribution in [0.15, 0.2) is 47.6 Å². The molecule has 164 valence electrons. The van der Waals surface area contributed by atoms with E-state index in [1.165, 1.54) is 0 Å². The van der Waals surface area contributed by atoms with Gasteiger partial charge in [0.05, 0.1) is 24.3 Å². The lowest BCUT2D eigenvalue weighted by molar-refractivity contribution is 0.249. The molecule has 0 saturated carbocycles. The number of piperazine rings is 1. The SMILES string of the molecule is [2H]c1cc2cc(N3CCN(Cc4cnc5cc(CC)c(=O)[nH]c5c4)CC3)cnc2c(NC)n1. The first-order valence-corrected chi connectivity index (χ1v) is 11.0. The molecule has 0 aliphatic carbocycles. The number of anilines is 2. The van der Waals surface area contributed by atoms with Crippen molar-refractivity contribution in [3.63, 3.8) is 0 Å². The first-order chi connectivity index (χ1) is 16.0. The van der Waals surface area contributed by atoms with Crippen LogP contribution in [0.2, 0.25) is 0 Å². The highest BCUT2D eigenvalue weighted by molar-refractivity contribution is 5.89. The number of rotatable bonds is 5. The third kappa shape index (κ3) is 3.89. The second kappa shape index (κ2) is 8.55. The quantitative estimate of drug-likeness (QED) is 0.503. The van der Waals surface area contributed by atoms with Crippen LogP contribution in [-0.4, -0.2) is 58.1 Å². The molecule has 4 aromatic rings. The van der Waals surface area contributed by atoms with Gasteiger partial charge in [0.25, 0.3) is 5.56 Å². The van der Waals surface area contributed by atoms with Crippen LogP contribution < -0.4 is 15.8 Å². The van der Waals surface area contributed by atoms with Gasteiger partial charge >= 0.3 is 0 Å². The minimum Gasteiger partial charge on any atom is -0.371 e. The lowest BCUT2D eigenvalue weighted by Crippen LogP contribution is -2.46. The predicted molar refractivity (Wildman–Crippen MR) is 128 cm³/mol. The summed E-state index contributed by atoms with van der Waals surface area (Å²) in [6.45, 7) is 6.39. The fraction of sp³-hybridized carbons (Fsp3) is 0.333. The summed E-state index contributed by atoms with van der Waals surface area (Å²) >= 11 is 0. The third-order valence-corrected chi connectivity index (χ3v) is 6.11. The molecule has 0 spiro atoms. The summed E-state index contributed by atoms with van der Waals surface area (Å²) in [6, 6.07) is 7.76. The minimum absolute atomic E-state index is 0.0308. The number of pyridine rings is 4. The van der Waals surface area contributed by atoms with Gasteiger partial charge in [-0.05, 0) is 36.2 Å². The van der Waals surface area contributed by atoms with Crippen molar-refractivity contribution in [2.75, 3.05) is 43.4 Å². The Kier molecular flexibility index (Phi) is 5.12. The van der Waals surface area contributed by atoms with Gasteiger partial charge in [-0.25, -0.2) is 4.98 Å². The molecule has 1 aliphatic heterocycles. The first kappa shape index (κ1) is 19.2. The summed E-state index contributed by atoms with van der Waals surface area (Å²) in [4.78, 5) is 33.2. The number of aromatic amines is 1. The second-order valence-electron chi connectivity index (χ2n) is 8.13. The molecule has 0 aromatic carbocycles. The summed E-state index contributed by atoms with van der Waals surface area (Å²) in [5, 5.41) is 3.94. The number of H-pyrrole nitrogens is 1. The van der Waals surface area contributed by atoms with E-state index in [0.717, 1.165) is 71.5 Å². The van der Waals surface area contributed by atoms with Crippen molar-refractivity contribution in [1.82, 2.24) is 24.8 Å². The third-order valence-electron chi connectivity index (χ3n) is 6.11. The van der Waals surface area contributed by atoms with E-state index < -0.39 is 0 Å². The molecule has 1 aliphatic rings. The van der Waals surface area contributed by atoms with E-state index in [1.807, 2.05) is 31.5 Å². The Balaban J connectivity index is 1.28. The topological polar surface area (TPSA) is 90.0 Å². The molecule has 8 nitrogen and oxygen atoms in total. The smallest absolute Gasteiger partial charge is 0.251 e. The largest absolute Gasteiger partial charge is 0.371 e. The van der Waals surface area contributed by atoms with Crippen molar-refractivity contribution in [3.05, 3.63) is 64.3 Å². The molecule has 1 fully saturated rings. The Morgan fingerprint density at radius 2 is 1.97 bits per heavy atom. The molecule has 0 amide bonds. The van der Waals surface area contributed by atoms with Crippen molar-refractivity contribution in [2.24, 2.45) is 0 Å². The summed E-state index contributed by atoms with van der Waals surface area (Å²) in [5.41, 5.74) is 5.29. The Labute approximate surface area is 187 Å². The molecule has 0 unspecified atom stereocenters. The van der Waals surface area contributed by atoms with Gasteiger partial charge in [0.1, 0.15) is 5.52 Å². The maximum atomic E-state index is 12.2. The first-order valence-electron chi connectivity index (χ1n) is 11.5. The highest BCUT2D eigenvalue weighted by atomic mass is 16.1. The number of fused-ring (bicyclic) bond motifs is 2. The fourth-order valence-electron chi connectivity index (χ4n) is 4.28. The molecule has 1 saturated heterocycles. The van der Waals surface area contributed by atoms with Gasteiger partial charge in [-0.1, -0.05) is 6.92 Å². The number of aryl methyl sites for hydroxylation is 1. The number of nitrogens with zero attached hydrogens (tertiary/aromatic N) is 5. The van der Waals surface area contributed by atoms with Crippen LogP contribution in [-0.2, 0) is 13.0 Å². The van der Waals surface area contributed by atoms with Crippen molar-refractivity contribution < 1.29 is 1.37 Å². The van der Waals surface area contributed by atoms with E-state index in [0.29, 0.717) is 12.2 Å². The van der Waals surface area contributed by atoms with Crippen LogP contribution >= 0.6 is 0 Å². The number of hydrogen-bond acceptors (Lipinski definition) is 7. The Morgan fingerprint density at radius 1 is 1.12 bits per heavy atom. The highest BCUT2D eigenvalue weighted by Crippen LogP contribution is 2.24. The molecule has 32 heavy (non-hydrogen) atoms. The maximum Gasteiger partial charge on any atom is 0.251 e. The molecule has 8 heteroatoms. The second-order valence-corrected chi connectivity index (χ2v) is 8.13. The van der Waals surface area contributed by atoms with Gasteiger partial charge in [0.2, 0.25) is 0 Å². The fourth-order valence-corrected chi connectivity index (χ4v) is 4.28. The van der Waals surface area contributed by atoms with E-state index in [4.69, 9.17) is 1.37 Å². The molecule has 5 rings (SSSR count). The summed E-state index contributed by atoms with van der Waals surface area (Å²) in [6.07, 6.45) is 4.72. The summed E-state index contributed by atoms with van der Waals surface area (Å²) < 4.78 is 7.93. The maximum absolute atomic E-state index is 12.2. The highest BCUT2D eigenvalue weighted by Gasteiger charge is 2.18. The average Bonchev–Trinajstić information content (AvgIpc) is 2.83. The molecule has 5 heterocycles. The van der Waals surface area contributed by atoms with Gasteiger partial charge in [-0.3, -0.25) is 19.7 Å². The van der Waals surface area contributed by atoms with Crippen LogP contribution in [0.3, 0.4) is 0 Å². The van der Waals surface area contributed by atoms with Gasteiger partial charge in [0, 0.05) is 63.1 Å². The van der Waals surface area contributed by atoms with Gasteiger partial charge in [-0.15, -0.1) is 0 Å². The van der Waals surface area contributed by atoms with Gasteiger partial charge in [-0.2, -0.15) is 0 Å². The standard InChI is InChI=1S/C24H27N7O/c1-3-17-12-20-21(29-24(17)32)10-16(13-27-20)15-30-6-8-31(9-7-30)19-11-18-4-5-26-23(25-2)22(18)28-14-19/h4-5,10-14H,3,6-9,15H2,1-2H3,(H,25,26)(H,29,32)/i5D. The lowest BCUT2D eigenvalue weighted by atomic mass is 10.1. The zero-order valence-electron chi connectivity index (χ0n) is 19.4. The molecule has 2 N–H and O–H groups in total. The molecule has 0 radical (unpaired) electrons. The van der Waals surface area contributed by atoms with E-state index >= 15 is 0 Å². The van der Waals surface area contributed by atoms with E-state index in [-0.39, 0.29) is 11.7 Å². The summed E-state index contributed by atoms with van der Waals surface area (Å²) in [7, 11) is 1.79. The zero-order chi connectivity index (χ0) is 22.9. The summed E-state index contributed by atoms with van der Waals surface area (Å²) in [5.74, 6) is 0.630. The van der Waals surface area contributed by atoms with Gasteiger partial charge < -0.3 is 15.2 Å². The van der Waals surface area contributed by atoms with Crippen molar-refractivity contribution in [2.45, 2.75) is 19.9 Å². The molecule has 4 aromatic heterocycles. The van der Waals surface area contributed by atoms with Gasteiger partial charge in [0.15, 0.2) is 5.82 Å². The van der Waals surface area contributed by atoms with Crippen molar-refractivity contribution >= 4 is 33.4 Å². The number of hydrogen-bond donors (Lipinski definition) is 2. The Hall–Kier alpha value is -3.52. The Morgan fingerprint density at radius 3 is 2.75 bits per heavy atom. The minimum atomic E-state index is -0.0308. The van der Waals surface area contributed by atoms with Crippen molar-refractivity contribution in [1.29, 1.82) is 0 Å². The van der Waals surface area contributed by atoms with E-state index in [9.17, 15) is 4.79 Å². The normalized spacial score (nSPS) is 15.3. The monoisotopic (exact) mass is 430 g/mol. The molecular formula is C24H27N7O. The predicted octanol–water partition coefficient (Wildman–Crippen LogP) is 2.79. The van der Waals surface area contributed by atoms with Crippen LogP contribution in [0.1, 0.15) is 19.4 Å². The van der Waals surface area contributed by atoms with Crippen LogP contribution in [0.5, 0.6) is 0 Å². The van der Waals surface area contributed by atoms with Crippen LogP contribution in [0.4, 0.5) is 11.5 Å². The molecular weight excluding hydrogens is 402 g/mol. The molecule has 0 bridgehead atoms. The average molecular weight is 431 g/mol. The van der Waals surface area contributed by atoms with E-state index in [2.05, 4.69) is 41.1 Å².